The summed E-state index contributed by atoms with van der Waals surface area (Å²) >= 11 is 0. The van der Waals surface area contributed by atoms with E-state index in [1.807, 2.05) is 66.7 Å². The molecule has 1 heterocycles. The standard InChI is InChI=1S/C27H23N3O2.CH4O/c31-26(24-11-9-22(10-12-24)23-13-15-28-16-14-23)30-19-21-7-4-8-25(17-21)27(32)29-18-20-5-2-1-3-6-20;1-2/h1-17H,18-19H2,(H,29,32)(H,30,31);2H,1H3. The molecule has 6 nitrogen and oxygen atoms in total. The molecule has 4 aromatic rings. The lowest BCUT2D eigenvalue weighted by atomic mass is 10.0. The van der Waals surface area contributed by atoms with Gasteiger partial charge in [-0.15, -0.1) is 0 Å². The van der Waals surface area contributed by atoms with Crippen molar-refractivity contribution in [3.8, 4) is 11.1 Å². The fourth-order valence-electron chi connectivity index (χ4n) is 3.35. The highest BCUT2D eigenvalue weighted by Gasteiger charge is 2.09. The Hall–Kier alpha value is -4.29. The van der Waals surface area contributed by atoms with Gasteiger partial charge in [-0.2, -0.15) is 0 Å². The lowest BCUT2D eigenvalue weighted by molar-refractivity contribution is 0.0945. The van der Waals surface area contributed by atoms with E-state index in [0.717, 1.165) is 29.4 Å². The minimum atomic E-state index is -0.162. The van der Waals surface area contributed by atoms with E-state index in [1.54, 1.807) is 36.7 Å². The van der Waals surface area contributed by atoms with Crippen LogP contribution in [0.1, 0.15) is 31.8 Å². The van der Waals surface area contributed by atoms with Gasteiger partial charge in [0.25, 0.3) is 11.8 Å². The summed E-state index contributed by atoms with van der Waals surface area (Å²) in [4.78, 5) is 29.0. The Labute approximate surface area is 199 Å². The van der Waals surface area contributed by atoms with Crippen molar-refractivity contribution in [3.05, 3.63) is 126 Å². The fraction of sp³-hybridized carbons (Fsp3) is 0.107. The Bertz CT molecular complexity index is 1190. The number of carbonyl (C=O) groups excluding carboxylic acids is 2. The van der Waals surface area contributed by atoms with Gasteiger partial charge in [-0.25, -0.2) is 0 Å². The van der Waals surface area contributed by atoms with Crippen molar-refractivity contribution >= 4 is 11.8 Å². The molecule has 34 heavy (non-hydrogen) atoms. The van der Waals surface area contributed by atoms with Crippen molar-refractivity contribution in [2.24, 2.45) is 0 Å². The van der Waals surface area contributed by atoms with Gasteiger partial charge in [0.05, 0.1) is 0 Å². The molecule has 0 aliphatic carbocycles. The van der Waals surface area contributed by atoms with Crippen molar-refractivity contribution in [2.75, 3.05) is 7.11 Å². The largest absolute Gasteiger partial charge is 0.400 e. The van der Waals surface area contributed by atoms with Crippen LogP contribution in [0.5, 0.6) is 0 Å². The maximum absolute atomic E-state index is 12.5. The van der Waals surface area contributed by atoms with Crippen LogP contribution in [0.2, 0.25) is 0 Å². The third-order valence-corrected chi connectivity index (χ3v) is 5.10. The molecule has 1 aromatic heterocycles. The van der Waals surface area contributed by atoms with Gasteiger partial charge in [0.1, 0.15) is 0 Å². The summed E-state index contributed by atoms with van der Waals surface area (Å²) in [7, 11) is 1.00. The van der Waals surface area contributed by atoms with Crippen molar-refractivity contribution in [3.63, 3.8) is 0 Å². The van der Waals surface area contributed by atoms with Gasteiger partial charge in [-0.1, -0.05) is 54.6 Å². The molecule has 3 aromatic carbocycles. The zero-order valence-electron chi connectivity index (χ0n) is 18.9. The summed E-state index contributed by atoms with van der Waals surface area (Å²) in [6.07, 6.45) is 3.48. The van der Waals surface area contributed by atoms with E-state index in [2.05, 4.69) is 15.6 Å². The number of nitrogens with one attached hydrogen (secondary N) is 2. The highest BCUT2D eigenvalue weighted by atomic mass is 16.2. The van der Waals surface area contributed by atoms with Crippen LogP contribution in [0, 0.1) is 0 Å². The maximum atomic E-state index is 12.5. The first-order chi connectivity index (χ1) is 16.7. The first-order valence-electron chi connectivity index (χ1n) is 10.8. The summed E-state index contributed by atoms with van der Waals surface area (Å²) in [5, 5.41) is 12.8. The number of pyridine rings is 1. The average molecular weight is 454 g/mol. The van der Waals surface area contributed by atoms with Crippen LogP contribution in [0.15, 0.2) is 103 Å². The Kier molecular flexibility index (Phi) is 9.08. The zero-order valence-corrected chi connectivity index (χ0v) is 18.9. The minimum Gasteiger partial charge on any atom is -0.400 e. The van der Waals surface area contributed by atoms with Crippen LogP contribution >= 0.6 is 0 Å². The summed E-state index contributed by atoms with van der Waals surface area (Å²) in [5.74, 6) is -0.307. The molecule has 0 bridgehead atoms. The van der Waals surface area contributed by atoms with E-state index in [-0.39, 0.29) is 11.8 Å². The molecule has 0 saturated carbocycles. The van der Waals surface area contributed by atoms with Gasteiger partial charge in [-0.3, -0.25) is 14.6 Å². The number of hydrogen-bond donors (Lipinski definition) is 3. The van der Waals surface area contributed by atoms with Crippen LogP contribution < -0.4 is 10.6 Å². The maximum Gasteiger partial charge on any atom is 0.251 e. The van der Waals surface area contributed by atoms with Crippen molar-refractivity contribution in [1.29, 1.82) is 0 Å². The number of benzene rings is 3. The second kappa shape index (κ2) is 12.7. The van der Waals surface area contributed by atoms with Gasteiger partial charge in [0.2, 0.25) is 0 Å². The van der Waals surface area contributed by atoms with Crippen molar-refractivity contribution in [1.82, 2.24) is 15.6 Å². The SMILES string of the molecule is CO.O=C(NCc1cccc(C(=O)NCc2ccccc2)c1)c1ccc(-c2ccncc2)cc1. The van der Waals surface area contributed by atoms with Crippen molar-refractivity contribution in [2.45, 2.75) is 13.1 Å². The summed E-state index contributed by atoms with van der Waals surface area (Å²) in [6.45, 7) is 0.806. The average Bonchev–Trinajstić information content (AvgIpc) is 2.93. The van der Waals surface area contributed by atoms with Crippen LogP contribution in [0.25, 0.3) is 11.1 Å². The monoisotopic (exact) mass is 453 g/mol. The predicted molar refractivity (Wildman–Crippen MR) is 133 cm³/mol. The number of hydrogen-bond acceptors (Lipinski definition) is 4. The molecule has 0 unspecified atom stereocenters. The molecule has 0 fully saturated rings. The Morgan fingerprint density at radius 1 is 0.647 bits per heavy atom. The van der Waals surface area contributed by atoms with Crippen LogP contribution in [0.3, 0.4) is 0 Å². The van der Waals surface area contributed by atoms with E-state index in [9.17, 15) is 9.59 Å². The van der Waals surface area contributed by atoms with E-state index in [1.165, 1.54) is 0 Å². The molecule has 4 rings (SSSR count). The number of aliphatic hydroxyl groups excluding tert-OH is 1. The molecule has 0 aliphatic heterocycles. The van der Waals surface area contributed by atoms with E-state index in [0.29, 0.717) is 24.2 Å². The molecule has 0 atom stereocenters. The number of carbonyl (C=O) groups is 2. The Morgan fingerprint density at radius 3 is 1.88 bits per heavy atom. The van der Waals surface area contributed by atoms with Crippen LogP contribution in [-0.2, 0) is 13.1 Å². The molecule has 172 valence electrons. The number of aliphatic hydroxyl groups is 1. The number of amides is 2. The second-order valence-corrected chi connectivity index (χ2v) is 7.36. The topological polar surface area (TPSA) is 91.3 Å². The quantitative estimate of drug-likeness (QED) is 0.391. The summed E-state index contributed by atoms with van der Waals surface area (Å²) in [6, 6.07) is 28.3. The molecule has 6 heteroatoms. The van der Waals surface area contributed by atoms with Gasteiger partial charge in [0, 0.05) is 43.7 Å². The number of aromatic nitrogens is 1. The zero-order chi connectivity index (χ0) is 24.2. The van der Waals surface area contributed by atoms with Gasteiger partial charge in [-0.05, 0) is 58.7 Å². The number of rotatable bonds is 7. The lowest BCUT2D eigenvalue weighted by Crippen LogP contribution is -2.24. The Morgan fingerprint density at radius 2 is 1.21 bits per heavy atom. The fourth-order valence-corrected chi connectivity index (χ4v) is 3.35. The predicted octanol–water partition coefficient (Wildman–Crippen LogP) is 4.22. The van der Waals surface area contributed by atoms with Gasteiger partial charge >= 0.3 is 0 Å². The molecule has 0 radical (unpaired) electrons. The first kappa shape index (κ1) is 24.4. The molecule has 0 saturated heterocycles. The molecule has 3 N–H and O–H groups in total. The van der Waals surface area contributed by atoms with Crippen LogP contribution in [0.4, 0.5) is 0 Å². The molecule has 0 aliphatic rings. The second-order valence-electron chi connectivity index (χ2n) is 7.36. The van der Waals surface area contributed by atoms with E-state index < -0.39 is 0 Å². The third kappa shape index (κ3) is 6.85. The highest BCUT2D eigenvalue weighted by Crippen LogP contribution is 2.18. The highest BCUT2D eigenvalue weighted by molar-refractivity contribution is 5.95. The van der Waals surface area contributed by atoms with Crippen LogP contribution in [-0.4, -0.2) is 29.0 Å². The summed E-state index contributed by atoms with van der Waals surface area (Å²) < 4.78 is 0. The third-order valence-electron chi connectivity index (χ3n) is 5.10. The molecular weight excluding hydrogens is 426 g/mol. The van der Waals surface area contributed by atoms with E-state index >= 15 is 0 Å². The van der Waals surface area contributed by atoms with E-state index in [4.69, 9.17) is 5.11 Å². The van der Waals surface area contributed by atoms with Gasteiger partial charge in [0.15, 0.2) is 0 Å². The summed E-state index contributed by atoms with van der Waals surface area (Å²) in [5.41, 5.74) is 5.12. The molecule has 0 spiro atoms. The van der Waals surface area contributed by atoms with Crippen molar-refractivity contribution < 1.29 is 14.7 Å². The Balaban J connectivity index is 0.00000158. The minimum absolute atomic E-state index is 0.145. The number of nitrogens with zero attached hydrogens (tertiary/aromatic N) is 1. The molecule has 2 amide bonds. The normalized spacial score (nSPS) is 9.94. The lowest BCUT2D eigenvalue weighted by Gasteiger charge is -2.09. The van der Waals surface area contributed by atoms with Gasteiger partial charge < -0.3 is 15.7 Å². The molecular formula is C28H27N3O3. The smallest absolute Gasteiger partial charge is 0.251 e. The first-order valence-corrected chi connectivity index (χ1v) is 10.8.